The molecule has 0 N–H and O–H groups in total. The van der Waals surface area contributed by atoms with Crippen LogP contribution in [0.1, 0.15) is 19.5 Å². The highest BCUT2D eigenvalue weighted by Gasteiger charge is 2.16. The maximum atomic E-state index is 5.41. The van der Waals surface area contributed by atoms with Gasteiger partial charge in [0.2, 0.25) is 0 Å². The first-order valence-corrected chi connectivity index (χ1v) is 7.86. The predicted molar refractivity (Wildman–Crippen MR) is 79.5 cm³/mol. The zero-order valence-corrected chi connectivity index (χ0v) is 13.0. The van der Waals surface area contributed by atoms with Crippen LogP contribution >= 0.6 is 52.0 Å². The minimum Gasteiger partial charge on any atom is -0.249 e. The van der Waals surface area contributed by atoms with Crippen LogP contribution in [0.3, 0.4) is 0 Å². The molecule has 7 heteroatoms. The molecule has 1 aromatic heterocycles. The average Bonchev–Trinajstić information content (AvgIpc) is 2.28. The number of thiocarbonyl (C=S) groups is 1. The summed E-state index contributed by atoms with van der Waals surface area (Å²) in [5.74, 6) is 1.95. The van der Waals surface area contributed by atoms with Crippen molar-refractivity contribution in [1.82, 2.24) is 13.7 Å². The van der Waals surface area contributed by atoms with Crippen LogP contribution in [-0.2, 0) is 0 Å². The number of nitrogens with zero attached hydrogens (tertiary/aromatic N) is 3. The van der Waals surface area contributed by atoms with Crippen LogP contribution in [0.5, 0.6) is 0 Å². The van der Waals surface area contributed by atoms with E-state index in [9.17, 15) is 0 Å². The molecule has 3 nitrogen and oxygen atoms in total. The molecular weight excluding hydrogens is 326 g/mol. The van der Waals surface area contributed by atoms with Gasteiger partial charge < -0.3 is 0 Å². The highest BCUT2D eigenvalue weighted by Crippen LogP contribution is 2.26. The minimum atomic E-state index is 0.693. The van der Waals surface area contributed by atoms with Gasteiger partial charge in [0.05, 0.1) is 0 Å². The van der Waals surface area contributed by atoms with Crippen LogP contribution in [0.25, 0.3) is 0 Å². The summed E-state index contributed by atoms with van der Waals surface area (Å²) in [5, 5.41) is 0. The SMILES string of the molecule is CCSN(SCC)C(=S)c1nccnc1Br. The van der Waals surface area contributed by atoms with Gasteiger partial charge in [0, 0.05) is 23.9 Å². The van der Waals surface area contributed by atoms with Gasteiger partial charge in [0.25, 0.3) is 0 Å². The maximum Gasteiger partial charge on any atom is 0.150 e. The lowest BCUT2D eigenvalue weighted by molar-refractivity contribution is 1.08. The smallest absolute Gasteiger partial charge is 0.150 e. The molecule has 0 saturated heterocycles. The normalized spacial score (nSPS) is 10.2. The number of halogens is 1. The zero-order valence-electron chi connectivity index (χ0n) is 9.01. The number of rotatable bonds is 5. The molecule has 0 radical (unpaired) electrons. The van der Waals surface area contributed by atoms with Crippen LogP contribution in [-0.4, -0.2) is 30.2 Å². The van der Waals surface area contributed by atoms with Crippen molar-refractivity contribution in [1.29, 1.82) is 0 Å². The average molecular weight is 338 g/mol. The Labute approximate surface area is 118 Å². The van der Waals surface area contributed by atoms with Crippen LogP contribution in [0, 0.1) is 0 Å². The first kappa shape index (κ1) is 14.2. The molecule has 0 fully saturated rings. The number of aromatic nitrogens is 2. The Bertz CT molecular complexity index is 356. The van der Waals surface area contributed by atoms with Gasteiger partial charge in [-0.15, -0.1) is 0 Å². The molecular formula is C9H12BrN3S3. The van der Waals surface area contributed by atoms with Crippen LogP contribution in [0.4, 0.5) is 0 Å². The predicted octanol–water partition coefficient (Wildman–Crippen LogP) is 3.55. The fourth-order valence-electron chi connectivity index (χ4n) is 0.940. The number of hydrogen-bond donors (Lipinski definition) is 0. The molecule has 16 heavy (non-hydrogen) atoms. The fraction of sp³-hybridized carbons (Fsp3) is 0.444. The molecule has 0 saturated carbocycles. The second-order valence-corrected chi connectivity index (χ2v) is 6.36. The third-order valence-electron chi connectivity index (χ3n) is 1.51. The largest absolute Gasteiger partial charge is 0.249 e. The lowest BCUT2D eigenvalue weighted by Crippen LogP contribution is -2.19. The van der Waals surface area contributed by atoms with E-state index >= 15 is 0 Å². The van der Waals surface area contributed by atoms with E-state index in [0.717, 1.165) is 17.2 Å². The Hall–Kier alpha value is 0.150. The first-order chi connectivity index (χ1) is 7.70. The Kier molecular flexibility index (Phi) is 6.64. The van der Waals surface area contributed by atoms with E-state index in [-0.39, 0.29) is 0 Å². The monoisotopic (exact) mass is 337 g/mol. The molecule has 0 amide bonds. The Morgan fingerprint density at radius 1 is 1.31 bits per heavy atom. The summed E-state index contributed by atoms with van der Waals surface area (Å²) in [5.41, 5.74) is 0.722. The van der Waals surface area contributed by atoms with Gasteiger partial charge in [0.1, 0.15) is 10.3 Å². The van der Waals surface area contributed by atoms with E-state index in [0.29, 0.717) is 9.59 Å². The standard InChI is InChI=1S/C9H12BrN3S3/c1-3-15-13(16-4-2)9(14)7-8(10)12-6-5-11-7/h5-6H,3-4H2,1-2H3. The molecule has 0 aliphatic rings. The van der Waals surface area contributed by atoms with E-state index in [2.05, 4.69) is 39.7 Å². The zero-order chi connectivity index (χ0) is 12.0. The minimum absolute atomic E-state index is 0.693. The van der Waals surface area contributed by atoms with Crippen LogP contribution in [0.15, 0.2) is 17.0 Å². The Morgan fingerprint density at radius 2 is 1.88 bits per heavy atom. The molecule has 0 aliphatic heterocycles. The second-order valence-electron chi connectivity index (χ2n) is 2.59. The van der Waals surface area contributed by atoms with E-state index in [1.54, 1.807) is 36.3 Å². The summed E-state index contributed by atoms with van der Waals surface area (Å²) in [6.45, 7) is 4.20. The molecule has 1 heterocycles. The molecule has 88 valence electrons. The van der Waals surface area contributed by atoms with Gasteiger partial charge >= 0.3 is 0 Å². The van der Waals surface area contributed by atoms with Crippen molar-refractivity contribution in [3.05, 3.63) is 22.7 Å². The third-order valence-corrected chi connectivity index (χ3v) is 4.69. The Balaban J connectivity index is 2.85. The molecule has 0 aromatic carbocycles. The van der Waals surface area contributed by atoms with E-state index in [1.165, 1.54) is 0 Å². The lowest BCUT2D eigenvalue weighted by atomic mass is 10.5. The highest BCUT2D eigenvalue weighted by molar-refractivity contribution is 9.10. The summed E-state index contributed by atoms with van der Waals surface area (Å²) in [4.78, 5) is 9.08. The van der Waals surface area contributed by atoms with Crippen molar-refractivity contribution in [2.75, 3.05) is 11.5 Å². The topological polar surface area (TPSA) is 29.0 Å². The van der Waals surface area contributed by atoms with Gasteiger partial charge in [-0.2, -0.15) is 0 Å². The van der Waals surface area contributed by atoms with Crippen molar-refractivity contribution >= 4 is 57.0 Å². The van der Waals surface area contributed by atoms with Gasteiger partial charge in [-0.3, -0.25) is 0 Å². The summed E-state index contributed by atoms with van der Waals surface area (Å²) in [6, 6.07) is 0. The molecule has 0 atom stereocenters. The maximum absolute atomic E-state index is 5.41. The van der Waals surface area contributed by atoms with Crippen LogP contribution < -0.4 is 0 Å². The molecule has 0 aliphatic carbocycles. The van der Waals surface area contributed by atoms with E-state index < -0.39 is 0 Å². The van der Waals surface area contributed by atoms with Gasteiger partial charge in [0.15, 0.2) is 4.99 Å². The summed E-state index contributed by atoms with van der Waals surface area (Å²) in [7, 11) is 0. The van der Waals surface area contributed by atoms with Crippen molar-refractivity contribution in [2.24, 2.45) is 0 Å². The third kappa shape index (κ3) is 3.87. The Morgan fingerprint density at radius 3 is 2.38 bits per heavy atom. The van der Waals surface area contributed by atoms with Crippen molar-refractivity contribution in [2.45, 2.75) is 13.8 Å². The number of hydrogen-bond acceptors (Lipinski definition) is 5. The quantitative estimate of drug-likeness (QED) is 0.602. The summed E-state index contributed by atoms with van der Waals surface area (Å²) < 4.78 is 2.71. The first-order valence-electron chi connectivity index (χ1n) is 4.77. The van der Waals surface area contributed by atoms with E-state index in [4.69, 9.17) is 12.2 Å². The molecule has 1 rings (SSSR count). The van der Waals surface area contributed by atoms with Crippen molar-refractivity contribution in [3.63, 3.8) is 0 Å². The molecule has 1 aromatic rings. The molecule has 0 bridgehead atoms. The van der Waals surface area contributed by atoms with E-state index in [1.807, 2.05) is 3.71 Å². The van der Waals surface area contributed by atoms with Crippen molar-refractivity contribution < 1.29 is 0 Å². The molecule has 0 unspecified atom stereocenters. The molecule has 0 spiro atoms. The van der Waals surface area contributed by atoms with Gasteiger partial charge in [-0.05, 0) is 39.8 Å². The van der Waals surface area contributed by atoms with Gasteiger partial charge in [-0.25, -0.2) is 13.7 Å². The lowest BCUT2D eigenvalue weighted by Gasteiger charge is -2.20. The summed E-state index contributed by atoms with van der Waals surface area (Å²) in [6.07, 6.45) is 3.29. The summed E-state index contributed by atoms with van der Waals surface area (Å²) >= 11 is 12.1. The second kappa shape index (κ2) is 7.47. The van der Waals surface area contributed by atoms with Crippen molar-refractivity contribution in [3.8, 4) is 0 Å². The highest BCUT2D eigenvalue weighted by atomic mass is 79.9. The fourth-order valence-corrected chi connectivity index (χ4v) is 3.75. The van der Waals surface area contributed by atoms with Crippen LogP contribution in [0.2, 0.25) is 0 Å². The van der Waals surface area contributed by atoms with Gasteiger partial charge in [-0.1, -0.05) is 26.1 Å².